The maximum atomic E-state index is 6.39. The first-order valence-electron chi connectivity index (χ1n) is 12.7. The lowest BCUT2D eigenvalue weighted by molar-refractivity contribution is 0.483. The van der Waals surface area contributed by atoms with E-state index < -0.39 is 0 Å². The van der Waals surface area contributed by atoms with Crippen molar-refractivity contribution >= 4 is 21.8 Å². The SMILES string of the molecule is c1ccc(-c2cccc(Oc3ccc4c5ccccc5n(-c5cccc(-c6ccccc6)n5)c4c3)c2)cc1. The summed E-state index contributed by atoms with van der Waals surface area (Å²) in [5.74, 6) is 2.46. The van der Waals surface area contributed by atoms with E-state index in [4.69, 9.17) is 9.72 Å². The topological polar surface area (TPSA) is 27.1 Å². The molecule has 3 heteroatoms. The van der Waals surface area contributed by atoms with Gasteiger partial charge in [-0.3, -0.25) is 4.57 Å². The second-order valence-corrected chi connectivity index (χ2v) is 9.27. The number of hydrogen-bond donors (Lipinski definition) is 0. The predicted octanol–water partition coefficient (Wildman–Crippen LogP) is 9.30. The molecule has 0 fully saturated rings. The van der Waals surface area contributed by atoms with E-state index in [0.717, 1.165) is 56.1 Å². The van der Waals surface area contributed by atoms with Crippen molar-refractivity contribution in [2.24, 2.45) is 0 Å². The molecule has 0 atom stereocenters. The highest BCUT2D eigenvalue weighted by Crippen LogP contribution is 2.36. The number of rotatable bonds is 5. The number of ether oxygens (including phenoxy) is 1. The average Bonchev–Trinajstić information content (AvgIpc) is 3.32. The van der Waals surface area contributed by atoms with Gasteiger partial charge in [0.1, 0.15) is 17.3 Å². The van der Waals surface area contributed by atoms with Gasteiger partial charge in [0, 0.05) is 22.4 Å². The fourth-order valence-corrected chi connectivity index (χ4v) is 5.08. The zero-order valence-corrected chi connectivity index (χ0v) is 20.7. The first-order chi connectivity index (χ1) is 18.8. The second-order valence-electron chi connectivity index (χ2n) is 9.27. The lowest BCUT2D eigenvalue weighted by Gasteiger charge is -2.11. The molecule has 7 rings (SSSR count). The molecule has 0 radical (unpaired) electrons. The predicted molar refractivity (Wildman–Crippen MR) is 156 cm³/mol. The van der Waals surface area contributed by atoms with Gasteiger partial charge >= 0.3 is 0 Å². The van der Waals surface area contributed by atoms with Crippen molar-refractivity contribution in [2.45, 2.75) is 0 Å². The van der Waals surface area contributed by atoms with Crippen molar-refractivity contribution in [1.29, 1.82) is 0 Å². The maximum absolute atomic E-state index is 6.39. The van der Waals surface area contributed by atoms with E-state index in [9.17, 15) is 0 Å². The third kappa shape index (κ3) is 4.00. The molecule has 2 aromatic heterocycles. The Hall–Kier alpha value is -5.15. The second kappa shape index (κ2) is 9.38. The zero-order chi connectivity index (χ0) is 25.3. The highest BCUT2D eigenvalue weighted by molar-refractivity contribution is 6.09. The van der Waals surface area contributed by atoms with E-state index in [1.807, 2.05) is 42.5 Å². The normalized spacial score (nSPS) is 11.2. The third-order valence-corrected chi connectivity index (χ3v) is 6.86. The molecule has 7 aromatic rings. The Morgan fingerprint density at radius 3 is 1.95 bits per heavy atom. The molecule has 0 aliphatic rings. The van der Waals surface area contributed by atoms with Gasteiger partial charge < -0.3 is 4.74 Å². The highest BCUT2D eigenvalue weighted by Gasteiger charge is 2.15. The molecular formula is C35H24N2O. The minimum absolute atomic E-state index is 0.783. The van der Waals surface area contributed by atoms with E-state index in [0.29, 0.717) is 0 Å². The molecule has 180 valence electrons. The van der Waals surface area contributed by atoms with Gasteiger partial charge in [-0.25, -0.2) is 4.98 Å². The van der Waals surface area contributed by atoms with Crippen LogP contribution in [0.2, 0.25) is 0 Å². The Morgan fingerprint density at radius 2 is 1.11 bits per heavy atom. The van der Waals surface area contributed by atoms with Crippen molar-refractivity contribution < 1.29 is 4.74 Å². The molecule has 3 nitrogen and oxygen atoms in total. The van der Waals surface area contributed by atoms with E-state index >= 15 is 0 Å². The van der Waals surface area contributed by atoms with Crippen molar-refractivity contribution in [3.63, 3.8) is 0 Å². The molecule has 0 amide bonds. The standard InChI is InChI=1S/C35H24N2O/c1-3-11-25(12-4-1)27-15-9-16-28(23-27)38-29-21-22-31-30-17-7-8-19-33(30)37(34(31)24-29)35-20-10-18-32(36-35)26-13-5-2-6-14-26/h1-24H. The van der Waals surface area contributed by atoms with Crippen LogP contribution >= 0.6 is 0 Å². The minimum Gasteiger partial charge on any atom is -0.457 e. The summed E-state index contributed by atoms with van der Waals surface area (Å²) in [6, 6.07) is 49.8. The van der Waals surface area contributed by atoms with Gasteiger partial charge in [-0.2, -0.15) is 0 Å². The number of pyridine rings is 1. The van der Waals surface area contributed by atoms with E-state index in [-0.39, 0.29) is 0 Å². The van der Waals surface area contributed by atoms with Gasteiger partial charge in [-0.15, -0.1) is 0 Å². The van der Waals surface area contributed by atoms with Crippen molar-refractivity contribution in [2.75, 3.05) is 0 Å². The fourth-order valence-electron chi connectivity index (χ4n) is 5.08. The lowest BCUT2D eigenvalue weighted by Crippen LogP contribution is -1.98. The molecule has 0 spiro atoms. The summed E-state index contributed by atoms with van der Waals surface area (Å²) >= 11 is 0. The molecule has 38 heavy (non-hydrogen) atoms. The lowest BCUT2D eigenvalue weighted by atomic mass is 10.1. The molecule has 0 saturated carbocycles. The molecule has 0 N–H and O–H groups in total. The summed E-state index contributed by atoms with van der Waals surface area (Å²) in [4.78, 5) is 5.07. The summed E-state index contributed by atoms with van der Waals surface area (Å²) in [6.45, 7) is 0. The van der Waals surface area contributed by atoms with Crippen LogP contribution in [0.4, 0.5) is 0 Å². The van der Waals surface area contributed by atoms with E-state index in [2.05, 4.69) is 108 Å². The van der Waals surface area contributed by atoms with E-state index in [1.165, 1.54) is 5.39 Å². The smallest absolute Gasteiger partial charge is 0.138 e. The third-order valence-electron chi connectivity index (χ3n) is 6.86. The largest absolute Gasteiger partial charge is 0.457 e. The summed E-state index contributed by atoms with van der Waals surface area (Å²) in [6.07, 6.45) is 0. The van der Waals surface area contributed by atoms with Crippen LogP contribution in [0, 0.1) is 0 Å². The van der Waals surface area contributed by atoms with Crippen LogP contribution in [0.3, 0.4) is 0 Å². The molecule has 0 aliphatic heterocycles. The summed E-state index contributed by atoms with van der Waals surface area (Å²) in [5, 5.41) is 2.35. The number of nitrogens with zero attached hydrogens (tertiary/aromatic N) is 2. The fraction of sp³-hybridized carbons (Fsp3) is 0. The van der Waals surface area contributed by atoms with Crippen LogP contribution in [0.5, 0.6) is 11.5 Å². The van der Waals surface area contributed by atoms with Crippen LogP contribution in [-0.4, -0.2) is 9.55 Å². The molecule has 0 aliphatic carbocycles. The molecule has 2 heterocycles. The Morgan fingerprint density at radius 1 is 0.447 bits per heavy atom. The van der Waals surface area contributed by atoms with Crippen LogP contribution in [0.15, 0.2) is 146 Å². The molecule has 0 unspecified atom stereocenters. The van der Waals surface area contributed by atoms with Crippen molar-refractivity contribution in [1.82, 2.24) is 9.55 Å². The first kappa shape index (κ1) is 22.1. The monoisotopic (exact) mass is 488 g/mol. The van der Waals surface area contributed by atoms with Gasteiger partial charge in [0.15, 0.2) is 0 Å². The Bertz CT molecular complexity index is 1890. The van der Waals surface area contributed by atoms with E-state index in [1.54, 1.807) is 0 Å². The van der Waals surface area contributed by atoms with Crippen molar-refractivity contribution in [3.8, 4) is 39.7 Å². The van der Waals surface area contributed by atoms with Crippen LogP contribution in [-0.2, 0) is 0 Å². The molecule has 0 bridgehead atoms. The Kier molecular flexibility index (Phi) is 5.45. The summed E-state index contributed by atoms with van der Waals surface area (Å²) in [7, 11) is 0. The highest BCUT2D eigenvalue weighted by atomic mass is 16.5. The van der Waals surface area contributed by atoms with Gasteiger partial charge in [0.2, 0.25) is 0 Å². The number of benzene rings is 5. The average molecular weight is 489 g/mol. The minimum atomic E-state index is 0.783. The maximum Gasteiger partial charge on any atom is 0.138 e. The van der Waals surface area contributed by atoms with Crippen LogP contribution in [0.1, 0.15) is 0 Å². The Balaban J connectivity index is 1.34. The molecular weight excluding hydrogens is 464 g/mol. The quantitative estimate of drug-likeness (QED) is 0.241. The summed E-state index contributed by atoms with van der Waals surface area (Å²) in [5.41, 5.74) is 6.50. The van der Waals surface area contributed by atoms with Crippen molar-refractivity contribution in [3.05, 3.63) is 146 Å². The van der Waals surface area contributed by atoms with Gasteiger partial charge in [0.25, 0.3) is 0 Å². The zero-order valence-electron chi connectivity index (χ0n) is 20.7. The molecule has 0 saturated heterocycles. The van der Waals surface area contributed by atoms with Crippen LogP contribution in [0.25, 0.3) is 50.0 Å². The van der Waals surface area contributed by atoms with Gasteiger partial charge in [-0.1, -0.05) is 97.1 Å². The van der Waals surface area contributed by atoms with Gasteiger partial charge in [-0.05, 0) is 53.6 Å². The van der Waals surface area contributed by atoms with Gasteiger partial charge in [0.05, 0.1) is 16.7 Å². The summed E-state index contributed by atoms with van der Waals surface area (Å²) < 4.78 is 8.62. The number of aromatic nitrogens is 2. The van der Waals surface area contributed by atoms with Crippen LogP contribution < -0.4 is 4.74 Å². The number of fused-ring (bicyclic) bond motifs is 3. The molecule has 5 aromatic carbocycles. The first-order valence-corrected chi connectivity index (χ1v) is 12.7. The number of hydrogen-bond acceptors (Lipinski definition) is 2. The Labute approximate surface area is 221 Å². The number of para-hydroxylation sites is 1.